The minimum absolute atomic E-state index is 0.184. The fraction of sp³-hybridized carbons (Fsp3) is 0.211. The third-order valence-electron chi connectivity index (χ3n) is 4.39. The van der Waals surface area contributed by atoms with Crippen LogP contribution in [0.1, 0.15) is 30.5 Å². The molecule has 0 radical (unpaired) electrons. The lowest BCUT2D eigenvalue weighted by Gasteiger charge is -2.16. The minimum Gasteiger partial charge on any atom is -0.508 e. The number of ether oxygens (including phenoxy) is 1. The van der Waals surface area contributed by atoms with Crippen molar-refractivity contribution in [1.82, 2.24) is 14.3 Å². The molecular formula is C19H17N3O3S. The quantitative estimate of drug-likeness (QED) is 0.521. The minimum atomic E-state index is -0.271. The van der Waals surface area contributed by atoms with Gasteiger partial charge in [0.25, 0.3) is 0 Å². The van der Waals surface area contributed by atoms with E-state index in [2.05, 4.69) is 14.3 Å². The Hall–Kier alpha value is -2.93. The number of aromatic nitrogens is 3. The van der Waals surface area contributed by atoms with Gasteiger partial charge in [0.1, 0.15) is 5.75 Å². The number of phenolic OH excluding ortho intramolecular Hbond substituents is 1. The first-order valence-electron chi connectivity index (χ1n) is 8.32. The van der Waals surface area contributed by atoms with Gasteiger partial charge in [0, 0.05) is 40.7 Å². The smallest absolute Gasteiger partial charge is 0.306 e. The summed E-state index contributed by atoms with van der Waals surface area (Å²) in [6.07, 6.45) is 5.59. The van der Waals surface area contributed by atoms with Gasteiger partial charge in [0.15, 0.2) is 0 Å². The number of carbonyl (C=O) groups is 1. The zero-order chi connectivity index (χ0) is 18.1. The van der Waals surface area contributed by atoms with Crippen LogP contribution >= 0.6 is 11.5 Å². The lowest BCUT2D eigenvalue weighted by molar-refractivity contribution is -0.143. The third kappa shape index (κ3) is 2.90. The molecule has 132 valence electrons. The maximum atomic E-state index is 12.3. The van der Waals surface area contributed by atoms with Gasteiger partial charge in [-0.1, -0.05) is 0 Å². The SMILES string of the molecule is CCOC(=O)CC(c1c[nH]c2cc(O)ccc12)c1nccc2sncc12. The van der Waals surface area contributed by atoms with Crippen molar-refractivity contribution in [3.63, 3.8) is 0 Å². The highest BCUT2D eigenvalue weighted by atomic mass is 32.1. The van der Waals surface area contributed by atoms with Crippen LogP contribution in [-0.2, 0) is 9.53 Å². The Morgan fingerprint density at radius 2 is 2.23 bits per heavy atom. The van der Waals surface area contributed by atoms with Crippen LogP contribution in [0.15, 0.2) is 42.9 Å². The molecule has 3 aromatic heterocycles. The van der Waals surface area contributed by atoms with E-state index >= 15 is 0 Å². The summed E-state index contributed by atoms with van der Waals surface area (Å²) in [5.41, 5.74) is 2.56. The van der Waals surface area contributed by atoms with Crippen molar-refractivity contribution in [1.29, 1.82) is 0 Å². The summed E-state index contributed by atoms with van der Waals surface area (Å²) in [5, 5.41) is 11.6. The van der Waals surface area contributed by atoms with Gasteiger partial charge in [-0.2, -0.15) is 4.37 Å². The largest absolute Gasteiger partial charge is 0.508 e. The van der Waals surface area contributed by atoms with E-state index in [-0.39, 0.29) is 24.1 Å². The van der Waals surface area contributed by atoms with Crippen molar-refractivity contribution < 1.29 is 14.6 Å². The molecule has 0 saturated carbocycles. The maximum Gasteiger partial charge on any atom is 0.306 e. The lowest BCUT2D eigenvalue weighted by Crippen LogP contribution is -2.12. The average Bonchev–Trinajstić information content (AvgIpc) is 3.26. The van der Waals surface area contributed by atoms with E-state index in [1.807, 2.05) is 18.3 Å². The molecule has 7 heteroatoms. The topological polar surface area (TPSA) is 88.1 Å². The molecule has 0 aliphatic heterocycles. The summed E-state index contributed by atoms with van der Waals surface area (Å²) in [6.45, 7) is 2.13. The molecule has 4 aromatic rings. The molecule has 0 bridgehead atoms. The average molecular weight is 367 g/mol. The molecule has 0 spiro atoms. The zero-order valence-electron chi connectivity index (χ0n) is 14.1. The molecule has 0 saturated heterocycles. The van der Waals surface area contributed by atoms with E-state index < -0.39 is 0 Å². The second kappa shape index (κ2) is 6.76. The molecule has 6 nitrogen and oxygen atoms in total. The van der Waals surface area contributed by atoms with Crippen molar-refractivity contribution in [3.05, 3.63) is 54.1 Å². The summed E-state index contributed by atoms with van der Waals surface area (Å²) < 4.78 is 10.5. The maximum absolute atomic E-state index is 12.3. The molecule has 26 heavy (non-hydrogen) atoms. The monoisotopic (exact) mass is 367 g/mol. The third-order valence-corrected chi connectivity index (χ3v) is 5.16. The standard InChI is InChI=1S/C19H17N3O3S/c1-2-25-18(24)8-13(19-15-10-22-26-17(15)5-6-20-19)14-9-21-16-7-11(23)3-4-12(14)16/h3-7,9-10,13,21,23H,2,8H2,1H3. The number of carbonyl (C=O) groups excluding carboxylic acids is 1. The van der Waals surface area contributed by atoms with Crippen molar-refractivity contribution >= 4 is 38.5 Å². The van der Waals surface area contributed by atoms with Gasteiger partial charge in [-0.25, -0.2) is 0 Å². The Balaban J connectivity index is 1.87. The number of hydrogen-bond donors (Lipinski definition) is 2. The number of nitrogens with one attached hydrogen (secondary N) is 1. The van der Waals surface area contributed by atoms with E-state index in [0.717, 1.165) is 32.2 Å². The second-order valence-corrected chi connectivity index (χ2v) is 6.80. The summed E-state index contributed by atoms with van der Waals surface area (Å²) in [6, 6.07) is 7.08. The molecule has 0 aliphatic rings. The fourth-order valence-electron chi connectivity index (χ4n) is 3.26. The van der Waals surface area contributed by atoms with Crippen LogP contribution in [-0.4, -0.2) is 32.0 Å². The predicted molar refractivity (Wildman–Crippen MR) is 100 cm³/mol. The van der Waals surface area contributed by atoms with Crippen LogP contribution in [0.2, 0.25) is 0 Å². The molecule has 4 rings (SSSR count). The van der Waals surface area contributed by atoms with Crippen LogP contribution in [0.3, 0.4) is 0 Å². The van der Waals surface area contributed by atoms with Gasteiger partial charge in [-0.05, 0) is 42.2 Å². The molecule has 1 aromatic carbocycles. The number of nitrogens with zero attached hydrogens (tertiary/aromatic N) is 2. The van der Waals surface area contributed by atoms with Gasteiger partial charge >= 0.3 is 5.97 Å². The molecule has 2 N–H and O–H groups in total. The van der Waals surface area contributed by atoms with E-state index in [1.165, 1.54) is 11.5 Å². The summed E-state index contributed by atoms with van der Waals surface area (Å²) in [7, 11) is 0. The highest BCUT2D eigenvalue weighted by Crippen LogP contribution is 2.37. The number of esters is 1. The first-order valence-corrected chi connectivity index (χ1v) is 9.09. The van der Waals surface area contributed by atoms with Crippen molar-refractivity contribution in [2.24, 2.45) is 0 Å². The summed E-state index contributed by atoms with van der Waals surface area (Å²) in [4.78, 5) is 20.0. The molecule has 3 heterocycles. The van der Waals surface area contributed by atoms with Crippen LogP contribution in [0.4, 0.5) is 0 Å². The Morgan fingerprint density at radius 1 is 1.35 bits per heavy atom. The highest BCUT2D eigenvalue weighted by Gasteiger charge is 2.25. The van der Waals surface area contributed by atoms with E-state index in [9.17, 15) is 9.90 Å². The molecule has 0 aliphatic carbocycles. The number of phenols is 1. The fourth-order valence-corrected chi connectivity index (χ4v) is 3.91. The Labute approximate surface area is 153 Å². The van der Waals surface area contributed by atoms with Crippen LogP contribution in [0.25, 0.3) is 21.0 Å². The van der Waals surface area contributed by atoms with Crippen LogP contribution in [0, 0.1) is 0 Å². The Kier molecular flexibility index (Phi) is 4.30. The van der Waals surface area contributed by atoms with Gasteiger partial charge in [0.2, 0.25) is 0 Å². The highest BCUT2D eigenvalue weighted by molar-refractivity contribution is 7.13. The molecule has 0 fully saturated rings. The first-order chi connectivity index (χ1) is 12.7. The van der Waals surface area contributed by atoms with Crippen molar-refractivity contribution in [2.45, 2.75) is 19.3 Å². The number of hydrogen-bond acceptors (Lipinski definition) is 6. The molecule has 1 atom stereocenters. The van der Waals surface area contributed by atoms with E-state index in [4.69, 9.17) is 4.74 Å². The zero-order valence-corrected chi connectivity index (χ0v) is 14.9. The number of aromatic amines is 1. The second-order valence-electron chi connectivity index (χ2n) is 5.97. The predicted octanol–water partition coefficient (Wildman–Crippen LogP) is 3.96. The van der Waals surface area contributed by atoms with Crippen LogP contribution < -0.4 is 0 Å². The number of H-pyrrole nitrogens is 1. The van der Waals surface area contributed by atoms with Crippen LogP contribution in [0.5, 0.6) is 5.75 Å². The van der Waals surface area contributed by atoms with Gasteiger partial charge in [-0.3, -0.25) is 9.78 Å². The number of pyridine rings is 1. The van der Waals surface area contributed by atoms with E-state index in [0.29, 0.717) is 6.61 Å². The number of benzene rings is 1. The van der Waals surface area contributed by atoms with Crippen molar-refractivity contribution in [2.75, 3.05) is 6.61 Å². The molecule has 1 unspecified atom stereocenters. The molecular weight excluding hydrogens is 350 g/mol. The molecule has 0 amide bonds. The van der Waals surface area contributed by atoms with Gasteiger partial charge in [-0.15, -0.1) is 0 Å². The first kappa shape index (κ1) is 16.5. The Morgan fingerprint density at radius 3 is 3.08 bits per heavy atom. The number of fused-ring (bicyclic) bond motifs is 2. The summed E-state index contributed by atoms with van der Waals surface area (Å²) >= 11 is 1.40. The summed E-state index contributed by atoms with van der Waals surface area (Å²) in [5.74, 6) is -0.352. The van der Waals surface area contributed by atoms with Crippen molar-refractivity contribution in [3.8, 4) is 5.75 Å². The normalized spacial score (nSPS) is 12.5. The number of rotatable bonds is 5. The van der Waals surface area contributed by atoms with Gasteiger partial charge in [0.05, 0.1) is 29.6 Å². The van der Waals surface area contributed by atoms with E-state index in [1.54, 1.807) is 31.5 Å². The lowest BCUT2D eigenvalue weighted by atomic mass is 9.90. The van der Waals surface area contributed by atoms with Gasteiger partial charge < -0.3 is 14.8 Å². The Bertz CT molecular complexity index is 1090. The number of aromatic hydroxyl groups is 1.